The predicted molar refractivity (Wildman–Crippen MR) is 69.3 cm³/mol. The van der Waals surface area contributed by atoms with E-state index in [2.05, 4.69) is 10.0 Å². The van der Waals surface area contributed by atoms with Gasteiger partial charge in [0.15, 0.2) is 0 Å². The summed E-state index contributed by atoms with van der Waals surface area (Å²) < 4.78 is 31.8. The van der Waals surface area contributed by atoms with Gasteiger partial charge in [0.2, 0.25) is 10.0 Å². The number of nitrogens with two attached hydrogens (primary N) is 1. The smallest absolute Gasteiger partial charge is 0.240 e. The molecule has 1 aliphatic rings. The molecule has 2 rings (SSSR count). The first-order valence-corrected chi connectivity index (χ1v) is 7.32. The fourth-order valence-corrected chi connectivity index (χ4v) is 2.78. The maximum absolute atomic E-state index is 12.0. The van der Waals surface area contributed by atoms with E-state index < -0.39 is 10.0 Å². The number of nitrogens with one attached hydrogen (secondary N) is 2. The maximum Gasteiger partial charge on any atom is 0.240 e. The van der Waals surface area contributed by atoms with E-state index in [-0.39, 0.29) is 4.90 Å². The number of hydrogen-bond donors (Lipinski definition) is 3. The molecule has 0 fully saturated rings. The first-order chi connectivity index (χ1) is 8.63. The summed E-state index contributed by atoms with van der Waals surface area (Å²) in [7, 11) is -3.47. The molecule has 1 aliphatic heterocycles. The molecule has 0 aliphatic carbocycles. The molecule has 7 heteroatoms. The highest BCUT2D eigenvalue weighted by atomic mass is 32.2. The summed E-state index contributed by atoms with van der Waals surface area (Å²) in [6.45, 7) is 2.08. The Kier molecular flexibility index (Phi) is 4.05. The van der Waals surface area contributed by atoms with E-state index >= 15 is 0 Å². The Hall–Kier alpha value is -1.31. The summed E-state index contributed by atoms with van der Waals surface area (Å²) in [6.07, 6.45) is 0.617. The molecule has 1 aromatic carbocycles. The molecule has 0 unspecified atom stereocenters. The van der Waals surface area contributed by atoms with Gasteiger partial charge in [-0.2, -0.15) is 0 Å². The van der Waals surface area contributed by atoms with Gasteiger partial charge in [-0.3, -0.25) is 0 Å². The summed E-state index contributed by atoms with van der Waals surface area (Å²) in [5.41, 5.74) is 6.04. The molecule has 0 saturated heterocycles. The van der Waals surface area contributed by atoms with Crippen LogP contribution in [0.5, 0.6) is 5.75 Å². The molecule has 18 heavy (non-hydrogen) atoms. The van der Waals surface area contributed by atoms with Crippen LogP contribution in [0.1, 0.15) is 6.42 Å². The lowest BCUT2D eigenvalue weighted by atomic mass is 10.2. The van der Waals surface area contributed by atoms with Crippen LogP contribution >= 0.6 is 0 Å². The second-order valence-corrected chi connectivity index (χ2v) is 5.74. The van der Waals surface area contributed by atoms with Gasteiger partial charge in [-0.05, 0) is 31.2 Å². The third-order valence-corrected chi connectivity index (χ3v) is 4.07. The molecule has 0 atom stereocenters. The molecule has 0 saturated carbocycles. The fourth-order valence-electron chi connectivity index (χ4n) is 1.68. The monoisotopic (exact) mass is 271 g/mol. The number of anilines is 1. The Labute approximate surface area is 107 Å². The largest absolute Gasteiger partial charge is 0.490 e. The van der Waals surface area contributed by atoms with E-state index in [1.54, 1.807) is 12.1 Å². The highest BCUT2D eigenvalue weighted by Crippen LogP contribution is 2.29. The molecule has 100 valence electrons. The van der Waals surface area contributed by atoms with Crippen molar-refractivity contribution in [1.82, 2.24) is 4.72 Å². The van der Waals surface area contributed by atoms with Crippen LogP contribution in [0.3, 0.4) is 0 Å². The normalized spacial score (nSPS) is 14.5. The number of rotatable bonds is 5. The lowest BCUT2D eigenvalue weighted by molar-refractivity contribution is 0.323. The molecule has 0 aromatic heterocycles. The molecule has 1 aromatic rings. The Morgan fingerprint density at radius 1 is 1.44 bits per heavy atom. The third-order valence-electron chi connectivity index (χ3n) is 2.61. The maximum atomic E-state index is 12.0. The van der Waals surface area contributed by atoms with Crippen molar-refractivity contribution < 1.29 is 13.2 Å². The average Bonchev–Trinajstić information content (AvgIpc) is 2.38. The van der Waals surface area contributed by atoms with Gasteiger partial charge < -0.3 is 15.8 Å². The molecular formula is C11H17N3O3S. The second-order valence-electron chi connectivity index (χ2n) is 3.97. The number of sulfonamides is 1. The zero-order chi connectivity index (χ0) is 13.0. The van der Waals surface area contributed by atoms with Crippen LogP contribution in [0.15, 0.2) is 23.1 Å². The summed E-state index contributed by atoms with van der Waals surface area (Å²) in [5.74, 6) is 0.683. The van der Waals surface area contributed by atoms with Gasteiger partial charge in [0, 0.05) is 13.1 Å². The predicted octanol–water partition coefficient (Wildman–Crippen LogP) is 0.118. The highest BCUT2D eigenvalue weighted by molar-refractivity contribution is 7.89. The van der Waals surface area contributed by atoms with Crippen molar-refractivity contribution in [3.05, 3.63) is 18.2 Å². The van der Waals surface area contributed by atoms with Crippen molar-refractivity contribution in [2.45, 2.75) is 11.3 Å². The van der Waals surface area contributed by atoms with Crippen molar-refractivity contribution in [1.29, 1.82) is 0 Å². The van der Waals surface area contributed by atoms with E-state index in [0.717, 1.165) is 0 Å². The highest BCUT2D eigenvalue weighted by Gasteiger charge is 2.17. The fraction of sp³-hybridized carbons (Fsp3) is 0.455. The zero-order valence-corrected chi connectivity index (χ0v) is 10.8. The van der Waals surface area contributed by atoms with Gasteiger partial charge >= 0.3 is 0 Å². The number of fused-ring (bicyclic) bond motifs is 1. The molecule has 1 heterocycles. The van der Waals surface area contributed by atoms with Crippen molar-refractivity contribution >= 4 is 15.7 Å². The molecule has 0 amide bonds. The Morgan fingerprint density at radius 3 is 3.06 bits per heavy atom. The van der Waals surface area contributed by atoms with Crippen LogP contribution in [0, 0.1) is 0 Å². The second kappa shape index (κ2) is 5.55. The molecule has 0 bridgehead atoms. The van der Waals surface area contributed by atoms with Gasteiger partial charge in [-0.1, -0.05) is 0 Å². The number of hydrogen-bond acceptors (Lipinski definition) is 5. The van der Waals surface area contributed by atoms with E-state index in [0.29, 0.717) is 44.1 Å². The van der Waals surface area contributed by atoms with Gasteiger partial charge in [0.05, 0.1) is 10.6 Å². The van der Waals surface area contributed by atoms with Crippen molar-refractivity contribution in [3.63, 3.8) is 0 Å². The molecular weight excluding hydrogens is 254 g/mol. The lowest BCUT2D eigenvalue weighted by Gasteiger charge is -2.19. The summed E-state index contributed by atoms with van der Waals surface area (Å²) in [6, 6.07) is 4.79. The summed E-state index contributed by atoms with van der Waals surface area (Å²) in [5, 5.41) is 3.11. The zero-order valence-electron chi connectivity index (χ0n) is 9.98. The minimum atomic E-state index is -3.47. The van der Waals surface area contributed by atoms with E-state index in [1.165, 1.54) is 6.07 Å². The quantitative estimate of drug-likeness (QED) is 0.661. The van der Waals surface area contributed by atoms with E-state index in [4.69, 9.17) is 10.5 Å². The number of ether oxygens (including phenoxy) is 1. The van der Waals surface area contributed by atoms with Gasteiger partial charge in [0.25, 0.3) is 0 Å². The summed E-state index contributed by atoms with van der Waals surface area (Å²) >= 11 is 0. The summed E-state index contributed by atoms with van der Waals surface area (Å²) in [4.78, 5) is 0.233. The van der Waals surface area contributed by atoms with Crippen molar-refractivity contribution in [2.24, 2.45) is 5.73 Å². The average molecular weight is 271 g/mol. The molecule has 0 radical (unpaired) electrons. The van der Waals surface area contributed by atoms with Crippen LogP contribution in [0.4, 0.5) is 5.69 Å². The van der Waals surface area contributed by atoms with Crippen LogP contribution in [-0.4, -0.2) is 34.7 Å². The third kappa shape index (κ3) is 2.92. The van der Waals surface area contributed by atoms with Crippen LogP contribution in [0.25, 0.3) is 0 Å². The van der Waals surface area contributed by atoms with E-state index in [9.17, 15) is 8.42 Å². The van der Waals surface area contributed by atoms with Crippen molar-refractivity contribution in [2.75, 3.05) is 31.6 Å². The van der Waals surface area contributed by atoms with Gasteiger partial charge in [-0.25, -0.2) is 13.1 Å². The van der Waals surface area contributed by atoms with Crippen LogP contribution in [0.2, 0.25) is 0 Å². The van der Waals surface area contributed by atoms with Crippen LogP contribution < -0.4 is 20.5 Å². The van der Waals surface area contributed by atoms with Gasteiger partial charge in [-0.15, -0.1) is 0 Å². The Balaban J connectivity index is 2.17. The van der Waals surface area contributed by atoms with Gasteiger partial charge in [0.1, 0.15) is 12.4 Å². The molecule has 4 N–H and O–H groups in total. The topological polar surface area (TPSA) is 93.5 Å². The molecule has 0 spiro atoms. The first-order valence-electron chi connectivity index (χ1n) is 5.84. The first kappa shape index (κ1) is 13.1. The Bertz CT molecular complexity index is 516. The lowest BCUT2D eigenvalue weighted by Crippen LogP contribution is -2.26. The minimum Gasteiger partial charge on any atom is -0.490 e. The van der Waals surface area contributed by atoms with E-state index in [1.807, 2.05) is 0 Å². The Morgan fingerprint density at radius 2 is 2.28 bits per heavy atom. The van der Waals surface area contributed by atoms with Crippen LogP contribution in [-0.2, 0) is 10.0 Å². The molecule has 6 nitrogen and oxygen atoms in total. The SMILES string of the molecule is NCCCNS(=O)(=O)c1ccc2c(c1)NCCO2. The standard InChI is InChI=1S/C11H17N3O3S/c12-4-1-5-14-18(15,16)9-2-3-11-10(8-9)13-6-7-17-11/h2-3,8,13-14H,1,4-7,12H2. The minimum absolute atomic E-state index is 0.233. The number of benzene rings is 1. The van der Waals surface area contributed by atoms with Crippen molar-refractivity contribution in [3.8, 4) is 5.75 Å².